The Morgan fingerprint density at radius 2 is 1.32 bits per heavy atom. The first kappa shape index (κ1) is 23.8. The molecule has 8 heteroatoms. The normalized spacial score (nSPS) is 12.5. The SMILES string of the molecule is [B]C(C)(C)CC(C)(C)CNC(=O)c1ccc(C(=O)NCC(C)(C)N)c(O)c1O. The number of benzene rings is 1. The molecule has 0 heterocycles. The fourth-order valence-electron chi connectivity index (χ4n) is 3.06. The standard InChI is InChI=1S/C20H32BN3O4/c1-18(2,9-19(3,4)21)10-23-16(27)12-7-8-13(15(26)14(12)25)17(28)24-11-20(5,6)22/h7-8,25-26H,9-11,22H2,1-6H3,(H,23,27)(H,24,28). The monoisotopic (exact) mass is 389 g/mol. The second-order valence-electron chi connectivity index (χ2n) is 9.54. The number of phenolic OH excluding ortho intramolecular Hbond substituents is 2. The maximum Gasteiger partial charge on any atom is 0.255 e. The van der Waals surface area contributed by atoms with Crippen LogP contribution >= 0.6 is 0 Å². The number of amides is 2. The van der Waals surface area contributed by atoms with Crippen molar-refractivity contribution in [2.24, 2.45) is 11.1 Å². The molecule has 0 atom stereocenters. The first-order chi connectivity index (χ1) is 12.5. The Kier molecular flexibility index (Phi) is 7.17. The summed E-state index contributed by atoms with van der Waals surface area (Å²) in [6.45, 7) is 11.8. The highest BCUT2D eigenvalue weighted by Crippen LogP contribution is 2.36. The zero-order valence-corrected chi connectivity index (χ0v) is 17.6. The summed E-state index contributed by atoms with van der Waals surface area (Å²) < 4.78 is 0. The zero-order valence-electron chi connectivity index (χ0n) is 17.6. The van der Waals surface area contributed by atoms with Gasteiger partial charge in [0.05, 0.1) is 19.0 Å². The lowest BCUT2D eigenvalue weighted by Crippen LogP contribution is -2.45. The number of aromatic hydroxyl groups is 2. The van der Waals surface area contributed by atoms with Gasteiger partial charge >= 0.3 is 0 Å². The minimum Gasteiger partial charge on any atom is -0.504 e. The average Bonchev–Trinajstić information content (AvgIpc) is 2.50. The van der Waals surface area contributed by atoms with E-state index in [1.54, 1.807) is 13.8 Å². The topological polar surface area (TPSA) is 125 Å². The van der Waals surface area contributed by atoms with Crippen LogP contribution in [0.1, 0.15) is 68.7 Å². The van der Waals surface area contributed by atoms with Crippen molar-refractivity contribution in [2.75, 3.05) is 13.1 Å². The highest BCUT2D eigenvalue weighted by atomic mass is 16.3. The van der Waals surface area contributed by atoms with Gasteiger partial charge in [-0.05, 0) is 37.8 Å². The lowest BCUT2D eigenvalue weighted by Gasteiger charge is -2.33. The van der Waals surface area contributed by atoms with E-state index in [1.807, 2.05) is 27.7 Å². The second kappa shape index (κ2) is 8.43. The van der Waals surface area contributed by atoms with Crippen molar-refractivity contribution >= 4 is 19.7 Å². The minimum absolute atomic E-state index is 0.115. The lowest BCUT2D eigenvalue weighted by molar-refractivity contribution is 0.0920. The van der Waals surface area contributed by atoms with E-state index in [4.69, 9.17) is 13.6 Å². The summed E-state index contributed by atoms with van der Waals surface area (Å²) in [7, 11) is 6.05. The molecule has 0 saturated heterocycles. The maximum atomic E-state index is 12.4. The highest BCUT2D eigenvalue weighted by molar-refractivity contribution is 6.14. The molecule has 2 radical (unpaired) electrons. The summed E-state index contributed by atoms with van der Waals surface area (Å²) in [5, 5.41) is 25.3. The van der Waals surface area contributed by atoms with Crippen LogP contribution in [0.15, 0.2) is 12.1 Å². The van der Waals surface area contributed by atoms with E-state index in [9.17, 15) is 19.8 Å². The quantitative estimate of drug-likeness (QED) is 0.344. The van der Waals surface area contributed by atoms with Gasteiger partial charge in [0.15, 0.2) is 11.5 Å². The number of carbonyl (C=O) groups is 2. The number of hydrogen-bond acceptors (Lipinski definition) is 5. The van der Waals surface area contributed by atoms with E-state index in [1.165, 1.54) is 12.1 Å². The van der Waals surface area contributed by atoms with Gasteiger partial charge in [-0.1, -0.05) is 33.0 Å². The molecule has 0 aliphatic carbocycles. The number of nitrogens with one attached hydrogen (secondary N) is 2. The van der Waals surface area contributed by atoms with Crippen LogP contribution in [0.5, 0.6) is 11.5 Å². The van der Waals surface area contributed by atoms with Crippen molar-refractivity contribution in [2.45, 2.75) is 58.8 Å². The van der Waals surface area contributed by atoms with Crippen molar-refractivity contribution in [1.29, 1.82) is 0 Å². The van der Waals surface area contributed by atoms with Gasteiger partial charge in [0.1, 0.15) is 0 Å². The van der Waals surface area contributed by atoms with Crippen LogP contribution in [-0.4, -0.2) is 48.5 Å². The highest BCUT2D eigenvalue weighted by Gasteiger charge is 2.27. The fraction of sp³-hybridized carbons (Fsp3) is 0.600. The molecule has 1 aromatic rings. The number of phenols is 2. The third-order valence-corrected chi connectivity index (χ3v) is 4.01. The van der Waals surface area contributed by atoms with Gasteiger partial charge in [-0.3, -0.25) is 9.59 Å². The van der Waals surface area contributed by atoms with Crippen LogP contribution in [-0.2, 0) is 0 Å². The van der Waals surface area contributed by atoms with Gasteiger partial charge < -0.3 is 26.6 Å². The molecule has 1 aromatic carbocycles. The molecule has 154 valence electrons. The fourth-order valence-corrected chi connectivity index (χ4v) is 3.06. The van der Waals surface area contributed by atoms with Gasteiger partial charge in [-0.2, -0.15) is 0 Å². The van der Waals surface area contributed by atoms with Crippen LogP contribution in [0.3, 0.4) is 0 Å². The van der Waals surface area contributed by atoms with E-state index in [0.717, 1.165) is 0 Å². The summed E-state index contributed by atoms with van der Waals surface area (Å²) in [4.78, 5) is 24.6. The molecule has 0 aromatic heterocycles. The molecular weight excluding hydrogens is 357 g/mol. The largest absolute Gasteiger partial charge is 0.504 e. The molecule has 0 bridgehead atoms. The molecule has 0 aliphatic heterocycles. The molecule has 0 saturated carbocycles. The zero-order chi connectivity index (χ0) is 21.9. The van der Waals surface area contributed by atoms with Crippen LogP contribution in [0.25, 0.3) is 0 Å². The van der Waals surface area contributed by atoms with Crippen LogP contribution in [0.4, 0.5) is 0 Å². The van der Waals surface area contributed by atoms with Crippen LogP contribution in [0.2, 0.25) is 5.31 Å². The first-order valence-electron chi connectivity index (χ1n) is 9.21. The third kappa shape index (κ3) is 7.42. The van der Waals surface area contributed by atoms with Gasteiger partial charge in [-0.25, -0.2) is 0 Å². The summed E-state index contributed by atoms with van der Waals surface area (Å²) >= 11 is 0. The Hall–Kier alpha value is -2.22. The molecule has 0 fully saturated rings. The summed E-state index contributed by atoms with van der Waals surface area (Å²) in [5.74, 6) is -2.44. The van der Waals surface area contributed by atoms with Crippen molar-refractivity contribution in [1.82, 2.24) is 10.6 Å². The molecular formula is C20H32BN3O4. The van der Waals surface area contributed by atoms with Gasteiger partial charge in [-0.15, -0.1) is 0 Å². The Morgan fingerprint density at radius 1 is 0.929 bits per heavy atom. The maximum absolute atomic E-state index is 12.4. The summed E-state index contributed by atoms with van der Waals surface area (Å²) in [6.07, 6.45) is 0.675. The smallest absolute Gasteiger partial charge is 0.255 e. The molecule has 0 aliphatic rings. The summed E-state index contributed by atoms with van der Waals surface area (Å²) in [5.41, 5.74) is 4.67. The number of hydrogen-bond donors (Lipinski definition) is 5. The van der Waals surface area contributed by atoms with Gasteiger partial charge in [0, 0.05) is 18.6 Å². The van der Waals surface area contributed by atoms with E-state index in [0.29, 0.717) is 13.0 Å². The van der Waals surface area contributed by atoms with E-state index in [2.05, 4.69) is 10.6 Å². The Balaban J connectivity index is 2.89. The predicted molar refractivity (Wildman–Crippen MR) is 111 cm³/mol. The van der Waals surface area contributed by atoms with Gasteiger partial charge in [0.25, 0.3) is 11.8 Å². The first-order valence-corrected chi connectivity index (χ1v) is 9.21. The molecule has 28 heavy (non-hydrogen) atoms. The molecule has 0 unspecified atom stereocenters. The predicted octanol–water partition coefficient (Wildman–Crippen LogP) is 2.08. The van der Waals surface area contributed by atoms with E-state index >= 15 is 0 Å². The lowest BCUT2D eigenvalue weighted by atomic mass is 9.63. The minimum atomic E-state index is -0.651. The van der Waals surface area contributed by atoms with Crippen molar-refractivity contribution in [3.05, 3.63) is 23.3 Å². The molecule has 1 rings (SSSR count). The Labute approximate surface area is 168 Å². The molecule has 0 spiro atoms. The van der Waals surface area contributed by atoms with Gasteiger partial charge in [0.2, 0.25) is 0 Å². The van der Waals surface area contributed by atoms with E-state index < -0.39 is 28.9 Å². The van der Waals surface area contributed by atoms with Crippen molar-refractivity contribution in [3.63, 3.8) is 0 Å². The van der Waals surface area contributed by atoms with Crippen molar-refractivity contribution < 1.29 is 19.8 Å². The molecule has 7 nitrogen and oxygen atoms in total. The van der Waals surface area contributed by atoms with Crippen molar-refractivity contribution in [3.8, 4) is 11.5 Å². The Morgan fingerprint density at radius 3 is 1.68 bits per heavy atom. The molecule has 2 amide bonds. The van der Waals surface area contributed by atoms with Crippen LogP contribution in [0, 0.1) is 5.41 Å². The third-order valence-electron chi connectivity index (χ3n) is 4.01. The average molecular weight is 389 g/mol. The number of rotatable bonds is 8. The Bertz CT molecular complexity index is 734. The second-order valence-corrected chi connectivity index (χ2v) is 9.54. The van der Waals surface area contributed by atoms with Crippen LogP contribution < -0.4 is 16.4 Å². The molecule has 6 N–H and O–H groups in total. The van der Waals surface area contributed by atoms with E-state index in [-0.39, 0.29) is 28.4 Å². The number of nitrogens with two attached hydrogens (primary N) is 1. The summed E-state index contributed by atoms with van der Waals surface area (Å²) in [6, 6.07) is 2.59. The number of carbonyl (C=O) groups excluding carboxylic acids is 2.